The molecule has 1 fully saturated rings. The Morgan fingerprint density at radius 1 is 1.60 bits per heavy atom. The number of hydrogen-bond donors (Lipinski definition) is 2. The van der Waals surface area contributed by atoms with Crippen molar-refractivity contribution in [1.29, 1.82) is 0 Å². The van der Waals surface area contributed by atoms with Crippen LogP contribution in [0.15, 0.2) is 21.2 Å². The summed E-state index contributed by atoms with van der Waals surface area (Å²) < 4.78 is 6.48. The first-order chi connectivity index (χ1) is 7.22. The van der Waals surface area contributed by atoms with E-state index in [1.165, 1.54) is 19.3 Å². The summed E-state index contributed by atoms with van der Waals surface area (Å²) in [6, 6.07) is 2.05. The van der Waals surface area contributed by atoms with Crippen molar-refractivity contribution in [1.82, 2.24) is 5.43 Å². The van der Waals surface area contributed by atoms with Crippen LogP contribution in [0.1, 0.15) is 38.0 Å². The highest BCUT2D eigenvalue weighted by molar-refractivity contribution is 9.10. The molecule has 3 unspecified atom stereocenters. The molecule has 0 aliphatic heterocycles. The van der Waals surface area contributed by atoms with Crippen LogP contribution in [0.3, 0.4) is 0 Å². The van der Waals surface area contributed by atoms with Gasteiger partial charge in [0, 0.05) is 0 Å². The van der Waals surface area contributed by atoms with Gasteiger partial charge in [0.05, 0.1) is 16.8 Å². The lowest BCUT2D eigenvalue weighted by atomic mass is 9.95. The molecule has 84 valence electrons. The van der Waals surface area contributed by atoms with E-state index in [0.717, 1.165) is 16.2 Å². The minimum atomic E-state index is 0.138. The van der Waals surface area contributed by atoms with Crippen molar-refractivity contribution in [2.75, 3.05) is 0 Å². The molecule has 3 atom stereocenters. The van der Waals surface area contributed by atoms with Gasteiger partial charge in [-0.05, 0) is 46.7 Å². The largest absolute Gasteiger partial charge is 0.466 e. The fourth-order valence-corrected chi connectivity index (χ4v) is 2.96. The average Bonchev–Trinajstić information content (AvgIpc) is 2.79. The number of hydrogen-bond acceptors (Lipinski definition) is 3. The van der Waals surface area contributed by atoms with Crippen LogP contribution in [-0.4, -0.2) is 0 Å². The molecule has 1 aliphatic rings. The summed E-state index contributed by atoms with van der Waals surface area (Å²) in [6.07, 6.45) is 5.44. The van der Waals surface area contributed by atoms with Crippen molar-refractivity contribution in [3.05, 3.63) is 22.6 Å². The van der Waals surface area contributed by atoms with Crippen LogP contribution in [0.5, 0.6) is 0 Å². The average molecular weight is 273 g/mol. The molecule has 1 aromatic heterocycles. The Bertz CT molecular complexity index is 326. The topological polar surface area (TPSA) is 51.2 Å². The van der Waals surface area contributed by atoms with Gasteiger partial charge >= 0.3 is 0 Å². The quantitative estimate of drug-likeness (QED) is 0.657. The molecule has 0 spiro atoms. The summed E-state index contributed by atoms with van der Waals surface area (Å²) in [4.78, 5) is 0. The van der Waals surface area contributed by atoms with Crippen LogP contribution in [0.2, 0.25) is 0 Å². The van der Waals surface area contributed by atoms with E-state index < -0.39 is 0 Å². The predicted molar refractivity (Wildman–Crippen MR) is 63.0 cm³/mol. The maximum Gasteiger partial charge on any atom is 0.136 e. The zero-order valence-electron chi connectivity index (χ0n) is 8.87. The Labute approximate surface area is 98.5 Å². The summed E-state index contributed by atoms with van der Waals surface area (Å²) in [5, 5.41) is 0. The van der Waals surface area contributed by atoms with E-state index in [4.69, 9.17) is 10.3 Å². The van der Waals surface area contributed by atoms with Crippen LogP contribution in [-0.2, 0) is 0 Å². The number of furan rings is 1. The first kappa shape index (κ1) is 11.2. The van der Waals surface area contributed by atoms with E-state index in [1.54, 1.807) is 6.26 Å². The van der Waals surface area contributed by atoms with Gasteiger partial charge < -0.3 is 4.42 Å². The molecule has 1 aliphatic carbocycles. The van der Waals surface area contributed by atoms with Crippen LogP contribution >= 0.6 is 15.9 Å². The fraction of sp³-hybridized carbons (Fsp3) is 0.636. The van der Waals surface area contributed by atoms with Crippen molar-refractivity contribution < 1.29 is 4.42 Å². The Morgan fingerprint density at radius 2 is 2.40 bits per heavy atom. The van der Waals surface area contributed by atoms with E-state index in [0.29, 0.717) is 5.92 Å². The van der Waals surface area contributed by atoms with Crippen molar-refractivity contribution in [2.24, 2.45) is 17.7 Å². The van der Waals surface area contributed by atoms with Crippen molar-refractivity contribution in [2.45, 2.75) is 32.2 Å². The third-order valence-electron chi connectivity index (χ3n) is 3.31. The van der Waals surface area contributed by atoms with Crippen LogP contribution in [0, 0.1) is 11.8 Å². The van der Waals surface area contributed by atoms with Gasteiger partial charge in [-0.25, -0.2) is 5.43 Å². The number of rotatable bonds is 3. The van der Waals surface area contributed by atoms with Crippen molar-refractivity contribution in [3.63, 3.8) is 0 Å². The first-order valence-electron chi connectivity index (χ1n) is 5.41. The molecular formula is C11H17BrN2O. The molecule has 1 aromatic rings. The van der Waals surface area contributed by atoms with Gasteiger partial charge in [-0.2, -0.15) is 0 Å². The van der Waals surface area contributed by atoms with Gasteiger partial charge in [-0.15, -0.1) is 0 Å². The number of nitrogens with two attached hydrogens (primary N) is 1. The fourth-order valence-electron chi connectivity index (χ4n) is 2.51. The van der Waals surface area contributed by atoms with Crippen LogP contribution in [0.25, 0.3) is 0 Å². The van der Waals surface area contributed by atoms with E-state index in [9.17, 15) is 0 Å². The second kappa shape index (κ2) is 4.68. The molecule has 0 aromatic carbocycles. The smallest absolute Gasteiger partial charge is 0.136 e. The van der Waals surface area contributed by atoms with Gasteiger partial charge in [0.25, 0.3) is 0 Å². The number of hydrazine groups is 1. The van der Waals surface area contributed by atoms with Crippen molar-refractivity contribution >= 4 is 15.9 Å². The first-order valence-corrected chi connectivity index (χ1v) is 6.20. The monoisotopic (exact) mass is 272 g/mol. The molecule has 0 radical (unpaired) electrons. The summed E-state index contributed by atoms with van der Waals surface area (Å²) in [5.74, 6) is 7.95. The third kappa shape index (κ3) is 2.27. The molecule has 1 saturated carbocycles. The molecule has 1 heterocycles. The second-order valence-corrected chi connectivity index (χ2v) is 5.31. The maximum absolute atomic E-state index is 5.63. The van der Waals surface area contributed by atoms with Crippen LogP contribution in [0.4, 0.5) is 0 Å². The Balaban J connectivity index is 2.14. The minimum absolute atomic E-state index is 0.138. The zero-order valence-corrected chi connectivity index (χ0v) is 10.5. The molecule has 15 heavy (non-hydrogen) atoms. The van der Waals surface area contributed by atoms with E-state index in [1.807, 2.05) is 6.07 Å². The lowest BCUT2D eigenvalue weighted by Crippen LogP contribution is -2.32. The van der Waals surface area contributed by atoms with Gasteiger partial charge in [0.1, 0.15) is 5.76 Å². The van der Waals surface area contributed by atoms with E-state index >= 15 is 0 Å². The Morgan fingerprint density at radius 3 is 2.87 bits per heavy atom. The highest BCUT2D eigenvalue weighted by Crippen LogP contribution is 2.40. The summed E-state index contributed by atoms with van der Waals surface area (Å²) in [5.41, 5.74) is 2.88. The number of halogens is 1. The lowest BCUT2D eigenvalue weighted by Gasteiger charge is -2.21. The molecule has 0 amide bonds. The van der Waals surface area contributed by atoms with Gasteiger partial charge in [0.15, 0.2) is 0 Å². The molecule has 4 heteroatoms. The van der Waals surface area contributed by atoms with E-state index in [-0.39, 0.29) is 6.04 Å². The second-order valence-electron chi connectivity index (χ2n) is 4.46. The maximum atomic E-state index is 5.63. The predicted octanol–water partition coefficient (Wildman–Crippen LogP) is 2.98. The Kier molecular flexibility index (Phi) is 3.49. The summed E-state index contributed by atoms with van der Waals surface area (Å²) >= 11 is 3.48. The minimum Gasteiger partial charge on any atom is -0.466 e. The summed E-state index contributed by atoms with van der Waals surface area (Å²) in [6.45, 7) is 2.30. The standard InChI is InChI=1S/C11H17BrN2O/c1-7-2-3-8(6-7)10(14-13)11-9(12)4-5-15-11/h4-5,7-8,10,14H,2-3,6,13H2,1H3. The highest BCUT2D eigenvalue weighted by Gasteiger charge is 2.31. The third-order valence-corrected chi connectivity index (χ3v) is 3.97. The molecule has 3 nitrogen and oxygen atoms in total. The molecule has 0 bridgehead atoms. The van der Waals surface area contributed by atoms with Crippen LogP contribution < -0.4 is 11.3 Å². The van der Waals surface area contributed by atoms with Crippen molar-refractivity contribution in [3.8, 4) is 0 Å². The molecule has 3 N–H and O–H groups in total. The SMILES string of the molecule is CC1CCC(C(NN)c2occc2Br)C1. The number of nitrogens with one attached hydrogen (secondary N) is 1. The van der Waals surface area contributed by atoms with E-state index in [2.05, 4.69) is 28.3 Å². The van der Waals surface area contributed by atoms with Gasteiger partial charge in [-0.1, -0.05) is 13.3 Å². The van der Waals surface area contributed by atoms with Gasteiger partial charge in [0.2, 0.25) is 0 Å². The molecule has 2 rings (SSSR count). The normalized spacial score (nSPS) is 28.2. The lowest BCUT2D eigenvalue weighted by molar-refractivity contribution is 0.309. The summed E-state index contributed by atoms with van der Waals surface area (Å²) in [7, 11) is 0. The molecular weight excluding hydrogens is 256 g/mol. The highest BCUT2D eigenvalue weighted by atomic mass is 79.9. The zero-order chi connectivity index (χ0) is 10.8. The Hall–Kier alpha value is -0.320. The molecule has 0 saturated heterocycles. The van der Waals surface area contributed by atoms with Gasteiger partial charge in [-0.3, -0.25) is 5.84 Å².